The maximum absolute atomic E-state index is 11.4. The van der Waals surface area contributed by atoms with Crippen LogP contribution in [0.3, 0.4) is 0 Å². The van der Waals surface area contributed by atoms with E-state index >= 15 is 0 Å². The van der Waals surface area contributed by atoms with E-state index in [0.717, 1.165) is 13.1 Å². The van der Waals surface area contributed by atoms with Gasteiger partial charge in [-0.3, -0.25) is 19.2 Å². The second kappa shape index (κ2) is 11.8. The fourth-order valence-electron chi connectivity index (χ4n) is 2.43. The summed E-state index contributed by atoms with van der Waals surface area (Å²) < 4.78 is 1.48. The van der Waals surface area contributed by atoms with Crippen molar-refractivity contribution in [2.75, 3.05) is 31.1 Å². The van der Waals surface area contributed by atoms with E-state index in [-0.39, 0.29) is 27.4 Å². The number of ketones is 2. The van der Waals surface area contributed by atoms with Crippen LogP contribution in [-0.2, 0) is 9.59 Å². The standard InChI is InChI=1S/C9H10BrN3O2.C5H9NO.C4H2Br2N2O/c1-5(14)6-3-13(4-6)8-9(15)11-2-7(10)12-8;1-4(7)5-2-6-3-5;5-2-1-7-4(9)3(6)8-2/h2,6H,3-4H2,1H3,(H,11,15);5-6H,2-3H2,1H3;1H,(H,7,9). The summed E-state index contributed by atoms with van der Waals surface area (Å²) in [6.07, 6.45) is 2.97. The molecule has 10 nitrogen and oxygen atoms in total. The van der Waals surface area contributed by atoms with E-state index in [1.54, 1.807) is 18.7 Å². The summed E-state index contributed by atoms with van der Waals surface area (Å²) in [7, 11) is 0. The number of carbonyl (C=O) groups is 2. The van der Waals surface area contributed by atoms with Gasteiger partial charge in [-0.2, -0.15) is 0 Å². The topological polar surface area (TPSA) is 141 Å². The van der Waals surface area contributed by atoms with Crippen LogP contribution in [0, 0.1) is 11.8 Å². The third-order valence-electron chi connectivity index (χ3n) is 4.57. The number of nitrogens with zero attached hydrogens (tertiary/aromatic N) is 3. The van der Waals surface area contributed by atoms with E-state index in [1.807, 2.05) is 0 Å². The van der Waals surface area contributed by atoms with Crippen molar-refractivity contribution in [3.8, 4) is 0 Å². The molecule has 0 aromatic carbocycles. The number of Topliss-reactive ketones (excluding diaryl/α,β-unsaturated/α-hetero) is 2. The van der Waals surface area contributed by atoms with Crippen LogP contribution >= 0.6 is 47.8 Å². The highest BCUT2D eigenvalue weighted by Crippen LogP contribution is 2.21. The molecular formula is C18H21Br3N6O4. The number of anilines is 1. The van der Waals surface area contributed by atoms with Crippen LogP contribution in [0.4, 0.5) is 5.82 Å². The predicted molar refractivity (Wildman–Crippen MR) is 126 cm³/mol. The van der Waals surface area contributed by atoms with E-state index in [9.17, 15) is 19.2 Å². The van der Waals surface area contributed by atoms with E-state index in [1.165, 1.54) is 12.4 Å². The molecular weight excluding hydrogens is 604 g/mol. The van der Waals surface area contributed by atoms with Gasteiger partial charge in [-0.15, -0.1) is 0 Å². The Morgan fingerprint density at radius 2 is 1.42 bits per heavy atom. The average Bonchev–Trinajstić information content (AvgIpc) is 2.59. The zero-order valence-electron chi connectivity index (χ0n) is 16.7. The second-order valence-corrected chi connectivity index (χ2v) is 9.27. The van der Waals surface area contributed by atoms with Crippen LogP contribution in [0.15, 0.2) is 35.8 Å². The summed E-state index contributed by atoms with van der Waals surface area (Å²) >= 11 is 9.23. The van der Waals surface area contributed by atoms with E-state index in [4.69, 9.17) is 0 Å². The summed E-state index contributed by atoms with van der Waals surface area (Å²) in [5.41, 5.74) is -0.446. The van der Waals surface area contributed by atoms with Crippen LogP contribution in [0.25, 0.3) is 0 Å². The molecule has 0 radical (unpaired) electrons. The van der Waals surface area contributed by atoms with E-state index in [2.05, 4.69) is 73.0 Å². The van der Waals surface area contributed by atoms with Gasteiger partial charge in [-0.25, -0.2) is 9.97 Å². The summed E-state index contributed by atoms with van der Waals surface area (Å²) in [4.78, 5) is 58.1. The lowest BCUT2D eigenvalue weighted by Gasteiger charge is -2.37. The molecule has 0 unspecified atom stereocenters. The Kier molecular flexibility index (Phi) is 9.72. The number of aromatic amines is 2. The SMILES string of the molecule is CC(=O)C1CN(c2nc(Br)c[nH]c2=O)C1.CC(=O)C1CNC1.O=c1[nH]cc(Br)nc1Br. The van der Waals surface area contributed by atoms with Crippen LogP contribution in [0.2, 0.25) is 0 Å². The van der Waals surface area contributed by atoms with E-state index in [0.29, 0.717) is 39.8 Å². The number of nitrogens with one attached hydrogen (secondary N) is 3. The summed E-state index contributed by atoms with van der Waals surface area (Å²) in [6.45, 7) is 6.18. The van der Waals surface area contributed by atoms with Crippen molar-refractivity contribution in [1.82, 2.24) is 25.3 Å². The highest BCUT2D eigenvalue weighted by molar-refractivity contribution is 9.11. The van der Waals surface area contributed by atoms with Crippen molar-refractivity contribution in [2.24, 2.45) is 11.8 Å². The minimum atomic E-state index is -0.224. The lowest BCUT2D eigenvalue weighted by molar-refractivity contribution is -0.122. The van der Waals surface area contributed by atoms with Crippen molar-refractivity contribution in [3.63, 3.8) is 0 Å². The smallest absolute Gasteiger partial charge is 0.290 e. The first-order valence-electron chi connectivity index (χ1n) is 9.21. The van der Waals surface area contributed by atoms with Crippen molar-refractivity contribution in [2.45, 2.75) is 13.8 Å². The molecule has 0 spiro atoms. The van der Waals surface area contributed by atoms with Gasteiger partial charge in [0.05, 0.1) is 5.92 Å². The number of hydrogen-bond donors (Lipinski definition) is 3. The number of aromatic nitrogens is 4. The first-order valence-corrected chi connectivity index (χ1v) is 11.6. The zero-order chi connectivity index (χ0) is 23.1. The largest absolute Gasteiger partial charge is 0.350 e. The molecule has 2 aromatic rings. The lowest BCUT2D eigenvalue weighted by Crippen LogP contribution is -2.52. The molecule has 0 atom stereocenters. The van der Waals surface area contributed by atoms with E-state index < -0.39 is 0 Å². The van der Waals surface area contributed by atoms with Crippen molar-refractivity contribution in [3.05, 3.63) is 46.9 Å². The van der Waals surface area contributed by atoms with Crippen LogP contribution in [-0.4, -0.2) is 57.7 Å². The molecule has 31 heavy (non-hydrogen) atoms. The molecule has 13 heteroatoms. The summed E-state index contributed by atoms with van der Waals surface area (Å²) in [6, 6.07) is 0. The average molecular weight is 625 g/mol. The van der Waals surface area contributed by atoms with Gasteiger partial charge in [0.2, 0.25) is 0 Å². The highest BCUT2D eigenvalue weighted by Gasteiger charge is 2.32. The molecule has 0 aliphatic carbocycles. The molecule has 2 aromatic heterocycles. The molecule has 2 fully saturated rings. The zero-order valence-corrected chi connectivity index (χ0v) is 21.5. The second-order valence-electron chi connectivity index (χ2n) is 6.90. The van der Waals surface area contributed by atoms with Crippen LogP contribution in [0.5, 0.6) is 0 Å². The van der Waals surface area contributed by atoms with Crippen molar-refractivity contribution < 1.29 is 9.59 Å². The van der Waals surface area contributed by atoms with Gasteiger partial charge in [-0.05, 0) is 61.6 Å². The van der Waals surface area contributed by atoms with Gasteiger partial charge in [0.25, 0.3) is 11.1 Å². The van der Waals surface area contributed by atoms with Gasteiger partial charge in [0.15, 0.2) is 10.4 Å². The highest BCUT2D eigenvalue weighted by atomic mass is 79.9. The maximum atomic E-state index is 11.4. The number of hydrogen-bond acceptors (Lipinski definition) is 8. The quantitative estimate of drug-likeness (QED) is 0.468. The van der Waals surface area contributed by atoms with Crippen LogP contribution in [0.1, 0.15) is 13.8 Å². The Labute approximate surface area is 203 Å². The van der Waals surface area contributed by atoms with Gasteiger partial charge < -0.3 is 20.2 Å². The molecule has 2 aliphatic heterocycles. The number of halogens is 3. The lowest BCUT2D eigenvalue weighted by atomic mass is 9.96. The Balaban J connectivity index is 0.000000181. The predicted octanol–water partition coefficient (Wildman–Crippen LogP) is 1.65. The first-order chi connectivity index (χ1) is 14.6. The molecule has 168 valence electrons. The van der Waals surface area contributed by atoms with Gasteiger partial charge in [0, 0.05) is 44.5 Å². The fraction of sp³-hybridized carbons (Fsp3) is 0.444. The van der Waals surface area contributed by atoms with Crippen molar-refractivity contribution in [1.29, 1.82) is 0 Å². The van der Waals surface area contributed by atoms with Crippen LogP contribution < -0.4 is 21.3 Å². The molecule has 0 bridgehead atoms. The number of rotatable bonds is 3. The molecule has 3 N–H and O–H groups in total. The molecule has 4 rings (SSSR count). The summed E-state index contributed by atoms with van der Waals surface area (Å²) in [5.74, 6) is 1.24. The van der Waals surface area contributed by atoms with Gasteiger partial charge >= 0.3 is 0 Å². The minimum Gasteiger partial charge on any atom is -0.350 e. The van der Waals surface area contributed by atoms with Gasteiger partial charge in [0.1, 0.15) is 20.8 Å². The first kappa shape index (κ1) is 25.6. The maximum Gasteiger partial charge on any atom is 0.290 e. The Bertz CT molecular complexity index is 1050. The molecule has 2 aliphatic rings. The minimum absolute atomic E-state index is 0.0465. The fourth-order valence-corrected chi connectivity index (χ4v) is 3.55. The van der Waals surface area contributed by atoms with Crippen molar-refractivity contribution >= 4 is 65.2 Å². The molecule has 4 heterocycles. The Morgan fingerprint density at radius 1 is 0.903 bits per heavy atom. The number of H-pyrrole nitrogens is 2. The third kappa shape index (κ3) is 7.74. The molecule has 0 amide bonds. The normalized spacial score (nSPS) is 15.5. The van der Waals surface area contributed by atoms with Gasteiger partial charge in [-0.1, -0.05) is 0 Å². The third-order valence-corrected chi connectivity index (χ3v) is 5.92. The molecule has 0 saturated carbocycles. The summed E-state index contributed by atoms with van der Waals surface area (Å²) in [5, 5.41) is 3.02. The monoisotopic (exact) mass is 622 g/mol. The molecule has 2 saturated heterocycles. The number of carbonyl (C=O) groups excluding carboxylic acids is 2. The Hall–Kier alpha value is -1.70. The Morgan fingerprint density at radius 3 is 1.81 bits per heavy atom.